The molecule has 4 heteroatoms. The molecule has 8 aromatic carbocycles. The minimum absolute atomic E-state index is 0.277. The fourth-order valence-electron chi connectivity index (χ4n) is 8.03. The molecular formula is C48H30N2SSe. The number of aromatic nitrogens is 1. The van der Waals surface area contributed by atoms with Gasteiger partial charge in [-0.25, -0.2) is 0 Å². The maximum Gasteiger partial charge on any atom is -0.0380 e. The molecule has 2 nitrogen and oxygen atoms in total. The van der Waals surface area contributed by atoms with Gasteiger partial charge in [0.15, 0.2) is 0 Å². The van der Waals surface area contributed by atoms with Crippen LogP contribution in [0.3, 0.4) is 0 Å². The Morgan fingerprint density at radius 1 is 0.423 bits per heavy atom. The van der Waals surface area contributed by atoms with Crippen molar-refractivity contribution < 1.29 is 0 Å². The van der Waals surface area contributed by atoms with Crippen molar-refractivity contribution in [3.05, 3.63) is 182 Å². The summed E-state index contributed by atoms with van der Waals surface area (Å²) < 4.78 is 7.92. The maximum atomic E-state index is 2.47. The van der Waals surface area contributed by atoms with E-state index >= 15 is 0 Å². The topological polar surface area (TPSA) is 8.17 Å². The van der Waals surface area contributed by atoms with Crippen molar-refractivity contribution in [1.82, 2.24) is 4.57 Å². The largest absolute Gasteiger partial charge is 0.0602 e. The molecular weight excluding hydrogens is 716 g/mol. The Balaban J connectivity index is 1.08. The first-order chi connectivity index (χ1) is 25.8. The minimum Gasteiger partial charge on any atom is -0.0602 e. The number of anilines is 3. The predicted octanol–water partition coefficient (Wildman–Crippen LogP) is 13.7. The zero-order valence-corrected chi connectivity index (χ0v) is 30.6. The minimum atomic E-state index is 0.277. The SMILES string of the molecule is c1ccc(-n2c3ccccc3c3ccc(-c4ccc(N(c5ccc6c(c5)[se]c5ccccc56)c5cccc6sc7ccccc7c56)cc4)cc32)cc1. The van der Waals surface area contributed by atoms with Crippen LogP contribution in [0.1, 0.15) is 0 Å². The molecule has 11 rings (SSSR count). The predicted molar refractivity (Wildman–Crippen MR) is 226 cm³/mol. The van der Waals surface area contributed by atoms with Crippen LogP contribution in [0.25, 0.3) is 78.1 Å². The fourth-order valence-corrected chi connectivity index (χ4v) is 11.5. The van der Waals surface area contributed by atoms with Gasteiger partial charge in [0.25, 0.3) is 0 Å². The molecule has 0 saturated heterocycles. The van der Waals surface area contributed by atoms with E-state index in [1.54, 1.807) is 0 Å². The summed E-state index contributed by atoms with van der Waals surface area (Å²) in [5.41, 5.74) is 9.56. The molecule has 0 atom stereocenters. The summed E-state index contributed by atoms with van der Waals surface area (Å²) in [6, 6.07) is 67.1. The van der Waals surface area contributed by atoms with Gasteiger partial charge in [-0.15, -0.1) is 0 Å². The second-order valence-electron chi connectivity index (χ2n) is 13.3. The zero-order valence-electron chi connectivity index (χ0n) is 28.0. The van der Waals surface area contributed by atoms with Gasteiger partial charge in [-0.3, -0.25) is 0 Å². The molecule has 0 unspecified atom stereocenters. The van der Waals surface area contributed by atoms with Crippen molar-refractivity contribution in [3.63, 3.8) is 0 Å². The molecule has 3 aromatic heterocycles. The molecule has 52 heavy (non-hydrogen) atoms. The third kappa shape index (κ3) is 4.62. The van der Waals surface area contributed by atoms with E-state index in [4.69, 9.17) is 0 Å². The number of fused-ring (bicyclic) bond motifs is 9. The van der Waals surface area contributed by atoms with Crippen LogP contribution < -0.4 is 4.90 Å². The first-order valence-corrected chi connectivity index (χ1v) is 20.1. The van der Waals surface area contributed by atoms with E-state index in [9.17, 15) is 0 Å². The van der Waals surface area contributed by atoms with Gasteiger partial charge in [-0.1, -0.05) is 36.4 Å². The van der Waals surface area contributed by atoms with E-state index in [0.717, 1.165) is 5.69 Å². The van der Waals surface area contributed by atoms with Crippen LogP contribution in [0.15, 0.2) is 182 Å². The molecule has 0 N–H and O–H groups in total. The average molecular weight is 746 g/mol. The third-order valence-corrected chi connectivity index (χ3v) is 13.9. The van der Waals surface area contributed by atoms with Gasteiger partial charge >= 0.3 is 241 Å². The van der Waals surface area contributed by atoms with Gasteiger partial charge in [0.1, 0.15) is 0 Å². The zero-order chi connectivity index (χ0) is 34.2. The van der Waals surface area contributed by atoms with Crippen LogP contribution in [0.2, 0.25) is 0 Å². The molecule has 11 aromatic rings. The van der Waals surface area contributed by atoms with Gasteiger partial charge in [-0.05, 0) is 18.2 Å². The normalized spacial score (nSPS) is 11.8. The molecule has 0 aliphatic carbocycles. The number of rotatable bonds is 5. The second-order valence-corrected chi connectivity index (χ2v) is 16.7. The molecule has 0 bridgehead atoms. The van der Waals surface area contributed by atoms with Crippen molar-refractivity contribution in [2.45, 2.75) is 0 Å². The number of hydrogen-bond donors (Lipinski definition) is 0. The Bertz CT molecular complexity index is 3130. The van der Waals surface area contributed by atoms with Crippen LogP contribution in [0.5, 0.6) is 0 Å². The number of benzene rings is 8. The summed E-state index contributed by atoms with van der Waals surface area (Å²) in [5, 5.41) is 7.90. The van der Waals surface area contributed by atoms with Crippen molar-refractivity contribution in [2.75, 3.05) is 4.90 Å². The van der Waals surface area contributed by atoms with Crippen molar-refractivity contribution >= 4 is 104 Å². The van der Waals surface area contributed by atoms with Crippen LogP contribution in [0, 0.1) is 0 Å². The van der Waals surface area contributed by atoms with Crippen LogP contribution >= 0.6 is 11.3 Å². The van der Waals surface area contributed by atoms with Crippen LogP contribution in [-0.4, -0.2) is 19.1 Å². The van der Waals surface area contributed by atoms with Gasteiger partial charge in [0.05, 0.1) is 5.52 Å². The number of hydrogen-bond acceptors (Lipinski definition) is 2. The third-order valence-electron chi connectivity index (χ3n) is 10.4. The van der Waals surface area contributed by atoms with E-state index in [1.165, 1.54) is 89.5 Å². The molecule has 0 saturated carbocycles. The average Bonchev–Trinajstić information content (AvgIpc) is 3.88. The summed E-state index contributed by atoms with van der Waals surface area (Å²) in [4.78, 5) is 2.47. The summed E-state index contributed by atoms with van der Waals surface area (Å²) in [6.07, 6.45) is 0. The van der Waals surface area contributed by atoms with Crippen molar-refractivity contribution in [1.29, 1.82) is 0 Å². The summed E-state index contributed by atoms with van der Waals surface area (Å²) in [7, 11) is 0. The van der Waals surface area contributed by atoms with Gasteiger partial charge < -0.3 is 0 Å². The Kier molecular flexibility index (Phi) is 6.78. The maximum absolute atomic E-state index is 2.47. The Hall–Kier alpha value is -5.90. The monoisotopic (exact) mass is 746 g/mol. The van der Waals surface area contributed by atoms with E-state index in [-0.39, 0.29) is 14.5 Å². The second kappa shape index (κ2) is 11.8. The molecule has 0 aliphatic heterocycles. The molecule has 0 aliphatic rings. The molecule has 3 heterocycles. The molecule has 0 amide bonds. The fraction of sp³-hybridized carbons (Fsp3) is 0. The van der Waals surface area contributed by atoms with Crippen LogP contribution in [0.4, 0.5) is 17.1 Å². The van der Waals surface area contributed by atoms with Gasteiger partial charge in [-0.2, -0.15) is 0 Å². The smallest absolute Gasteiger partial charge is 0.0380 e. The summed E-state index contributed by atoms with van der Waals surface area (Å²) >= 11 is 2.15. The van der Waals surface area contributed by atoms with Crippen molar-refractivity contribution in [2.24, 2.45) is 0 Å². The van der Waals surface area contributed by atoms with E-state index in [2.05, 4.69) is 191 Å². The van der Waals surface area contributed by atoms with Gasteiger partial charge in [0, 0.05) is 11.1 Å². The van der Waals surface area contributed by atoms with Crippen LogP contribution in [-0.2, 0) is 0 Å². The number of nitrogens with zero attached hydrogens (tertiary/aromatic N) is 2. The molecule has 0 spiro atoms. The van der Waals surface area contributed by atoms with E-state index in [1.807, 2.05) is 11.3 Å². The Morgan fingerprint density at radius 2 is 1.08 bits per heavy atom. The first kappa shape index (κ1) is 29.8. The summed E-state index contributed by atoms with van der Waals surface area (Å²) in [5.74, 6) is 0. The number of thiophene rings is 1. The molecule has 0 fully saturated rings. The van der Waals surface area contributed by atoms with E-state index in [0.29, 0.717) is 0 Å². The number of para-hydroxylation sites is 2. The standard InChI is InChI=1S/C48H30N2SSe/c1-2-11-33(12-3-1)50-41-16-7-4-13-36(41)37-27-23-32(29-43(37)50)31-21-24-34(25-22-31)49(35-26-28-39-38-14-6-9-20-46(38)52-47(39)30-35)42-17-10-19-45-48(42)40-15-5-8-18-44(40)51-45/h1-30H. The molecule has 0 radical (unpaired) electrons. The quantitative estimate of drug-likeness (QED) is 0.159. The first-order valence-electron chi connectivity index (χ1n) is 17.6. The van der Waals surface area contributed by atoms with E-state index < -0.39 is 0 Å². The molecule has 244 valence electrons. The Labute approximate surface area is 310 Å². The van der Waals surface area contributed by atoms with Gasteiger partial charge in [0.2, 0.25) is 0 Å². The Morgan fingerprint density at radius 3 is 1.96 bits per heavy atom. The van der Waals surface area contributed by atoms with Crippen molar-refractivity contribution in [3.8, 4) is 16.8 Å². The summed E-state index contributed by atoms with van der Waals surface area (Å²) in [6.45, 7) is 0.